The van der Waals surface area contributed by atoms with Gasteiger partial charge in [-0.25, -0.2) is 0 Å². The fourth-order valence-electron chi connectivity index (χ4n) is 6.29. The van der Waals surface area contributed by atoms with Gasteiger partial charge in [-0.2, -0.15) is 0 Å². The van der Waals surface area contributed by atoms with Crippen LogP contribution in [0.4, 0.5) is 0 Å². The largest absolute Gasteiger partial charge is 0.0654 e. The van der Waals surface area contributed by atoms with Crippen molar-refractivity contribution < 1.29 is 0 Å². The van der Waals surface area contributed by atoms with Crippen LogP contribution in [0.25, 0.3) is 0 Å². The zero-order valence-corrected chi connectivity index (χ0v) is 28.0. The molecule has 0 saturated carbocycles. The lowest BCUT2D eigenvalue weighted by Gasteiger charge is -2.28. The number of unbranched alkanes of at least 4 members (excludes halogenated alkanes) is 24. The zero-order valence-electron chi connectivity index (χ0n) is 27.1. The van der Waals surface area contributed by atoms with E-state index in [1.54, 1.807) is 50.3 Å². The molecule has 0 radical (unpaired) electrons. The summed E-state index contributed by atoms with van der Waals surface area (Å²) in [5, 5.41) is 0. The Morgan fingerprint density at radius 1 is 0.216 bits per heavy atom. The Labute approximate surface area is 239 Å². The summed E-state index contributed by atoms with van der Waals surface area (Å²) in [5.41, 5.74) is 0. The molecule has 0 saturated heterocycles. The molecule has 1 heteroatoms. The van der Waals surface area contributed by atoms with Crippen molar-refractivity contribution in [2.75, 3.05) is 24.6 Å². The van der Waals surface area contributed by atoms with Crippen LogP contribution in [0.15, 0.2) is 0 Å². The van der Waals surface area contributed by atoms with E-state index in [0.717, 1.165) is 0 Å². The smallest absolute Gasteiger partial charge is 0.0594 e. The van der Waals surface area contributed by atoms with E-state index in [9.17, 15) is 0 Å². The number of hydrogen-bond acceptors (Lipinski definition) is 0. The summed E-state index contributed by atoms with van der Waals surface area (Å²) in [6.45, 7) is 9.40. The first-order valence-electron chi connectivity index (χ1n) is 18.1. The van der Waals surface area contributed by atoms with Crippen molar-refractivity contribution in [1.82, 2.24) is 0 Å². The van der Waals surface area contributed by atoms with E-state index in [0.29, 0.717) is 0 Å². The minimum absolute atomic E-state index is 0.725. The molecule has 0 aromatic heterocycles. The average molecular weight is 540 g/mol. The Bertz CT molecular complexity index is 365. The van der Waals surface area contributed by atoms with Gasteiger partial charge >= 0.3 is 0 Å². The van der Waals surface area contributed by atoms with Crippen molar-refractivity contribution in [2.45, 2.75) is 207 Å². The van der Waals surface area contributed by atoms with E-state index >= 15 is 0 Å². The maximum Gasteiger partial charge on any atom is 0.0594 e. The van der Waals surface area contributed by atoms with Gasteiger partial charge in [-0.15, -0.1) is 0 Å². The monoisotopic (exact) mass is 540 g/mol. The van der Waals surface area contributed by atoms with Gasteiger partial charge in [0.05, 0.1) is 24.6 Å². The van der Waals surface area contributed by atoms with Crippen LogP contribution in [0, 0.1) is 0 Å². The standard InChI is InChI=1S/C36H76P/c1-5-9-13-17-19-21-23-25-27-31-35-37(33-29-15-11-7-3,34-30-16-12-8-4)36-32-28-26-24-22-20-18-14-10-6-2/h5-36H2,1-4H3/q+1. The maximum absolute atomic E-state index is 2.38. The minimum atomic E-state index is -0.725. The van der Waals surface area contributed by atoms with Gasteiger partial charge < -0.3 is 0 Å². The molecule has 0 aliphatic carbocycles. The molecule has 0 spiro atoms. The molecule has 0 aromatic carbocycles. The second-order valence-electron chi connectivity index (χ2n) is 12.7. The third-order valence-electron chi connectivity index (χ3n) is 8.94. The van der Waals surface area contributed by atoms with Crippen LogP contribution >= 0.6 is 7.26 Å². The Morgan fingerprint density at radius 2 is 0.378 bits per heavy atom. The molecule has 0 nitrogen and oxygen atoms in total. The SMILES string of the molecule is CCCCCCCCCCCC[P+](CCCCCC)(CCCCCC)CCCCCCCCCCCC. The lowest BCUT2D eigenvalue weighted by Crippen LogP contribution is -2.13. The van der Waals surface area contributed by atoms with E-state index in [1.807, 2.05) is 0 Å². The fourth-order valence-corrected chi connectivity index (χ4v) is 11.2. The maximum atomic E-state index is 2.38. The summed E-state index contributed by atoms with van der Waals surface area (Å²) in [6.07, 6.45) is 48.1. The fraction of sp³-hybridized carbons (Fsp3) is 1.00. The summed E-state index contributed by atoms with van der Waals surface area (Å²) in [7, 11) is -0.725. The predicted octanol–water partition coefficient (Wildman–Crippen LogP) is 14.0. The van der Waals surface area contributed by atoms with Gasteiger partial charge in [0.2, 0.25) is 0 Å². The Morgan fingerprint density at radius 3 is 0.595 bits per heavy atom. The molecule has 0 aliphatic rings. The van der Waals surface area contributed by atoms with Crippen molar-refractivity contribution in [1.29, 1.82) is 0 Å². The molecule has 37 heavy (non-hydrogen) atoms. The highest BCUT2D eigenvalue weighted by Gasteiger charge is 2.34. The number of hydrogen-bond donors (Lipinski definition) is 0. The molecule has 0 fully saturated rings. The molecule has 0 rings (SSSR count). The van der Waals surface area contributed by atoms with Crippen LogP contribution in [0.5, 0.6) is 0 Å². The molecular formula is C36H76P+. The Balaban J connectivity index is 4.50. The molecule has 224 valence electrons. The highest BCUT2D eigenvalue weighted by Crippen LogP contribution is 2.61. The molecule has 0 bridgehead atoms. The van der Waals surface area contributed by atoms with Crippen LogP contribution in [0.3, 0.4) is 0 Å². The summed E-state index contributed by atoms with van der Waals surface area (Å²) in [4.78, 5) is 0. The van der Waals surface area contributed by atoms with E-state index < -0.39 is 7.26 Å². The molecule has 0 amide bonds. The Hall–Kier alpha value is 0.430. The van der Waals surface area contributed by atoms with Crippen LogP contribution in [0.1, 0.15) is 207 Å². The lowest BCUT2D eigenvalue weighted by atomic mass is 10.1. The van der Waals surface area contributed by atoms with Crippen molar-refractivity contribution in [3.05, 3.63) is 0 Å². The van der Waals surface area contributed by atoms with Gasteiger partial charge in [-0.05, 0) is 51.4 Å². The second kappa shape index (κ2) is 31.0. The van der Waals surface area contributed by atoms with E-state index in [2.05, 4.69) is 27.7 Å². The zero-order chi connectivity index (χ0) is 27.1. The van der Waals surface area contributed by atoms with E-state index in [1.165, 1.54) is 154 Å². The summed E-state index contributed by atoms with van der Waals surface area (Å²) in [5.74, 6) is 0. The summed E-state index contributed by atoms with van der Waals surface area (Å²) >= 11 is 0. The van der Waals surface area contributed by atoms with Crippen molar-refractivity contribution in [2.24, 2.45) is 0 Å². The van der Waals surface area contributed by atoms with Gasteiger partial charge in [-0.1, -0.05) is 156 Å². The van der Waals surface area contributed by atoms with Gasteiger partial charge in [0.25, 0.3) is 0 Å². The third kappa shape index (κ3) is 26.4. The van der Waals surface area contributed by atoms with Gasteiger partial charge in [0, 0.05) is 7.26 Å². The third-order valence-corrected chi connectivity index (χ3v) is 14.0. The molecule has 0 unspecified atom stereocenters. The van der Waals surface area contributed by atoms with Crippen molar-refractivity contribution >= 4 is 7.26 Å². The first-order chi connectivity index (χ1) is 18.2. The van der Waals surface area contributed by atoms with Crippen molar-refractivity contribution in [3.63, 3.8) is 0 Å². The molecule has 0 aliphatic heterocycles. The first-order valence-corrected chi connectivity index (χ1v) is 20.6. The lowest BCUT2D eigenvalue weighted by molar-refractivity contribution is 0.560. The van der Waals surface area contributed by atoms with Crippen LogP contribution in [-0.4, -0.2) is 24.6 Å². The quantitative estimate of drug-likeness (QED) is 0.0589. The van der Waals surface area contributed by atoms with Crippen LogP contribution < -0.4 is 0 Å². The molecule has 0 atom stereocenters. The number of rotatable bonds is 32. The van der Waals surface area contributed by atoms with Crippen molar-refractivity contribution in [3.8, 4) is 0 Å². The summed E-state index contributed by atoms with van der Waals surface area (Å²) < 4.78 is 0. The minimum Gasteiger partial charge on any atom is -0.0654 e. The molecule has 0 heterocycles. The first kappa shape index (κ1) is 37.4. The molecule has 0 aromatic rings. The summed E-state index contributed by atoms with van der Waals surface area (Å²) in [6, 6.07) is 0. The predicted molar refractivity (Wildman–Crippen MR) is 178 cm³/mol. The van der Waals surface area contributed by atoms with E-state index in [4.69, 9.17) is 0 Å². The highest BCUT2D eigenvalue weighted by molar-refractivity contribution is 7.75. The van der Waals surface area contributed by atoms with E-state index in [-0.39, 0.29) is 0 Å². The topological polar surface area (TPSA) is 0 Å². The van der Waals surface area contributed by atoms with Gasteiger partial charge in [-0.3, -0.25) is 0 Å². The van der Waals surface area contributed by atoms with Crippen LogP contribution in [-0.2, 0) is 0 Å². The normalized spacial score (nSPS) is 12.0. The Kier molecular flexibility index (Phi) is 31.3. The van der Waals surface area contributed by atoms with Gasteiger partial charge in [0.15, 0.2) is 0 Å². The second-order valence-corrected chi connectivity index (χ2v) is 17.2. The average Bonchev–Trinajstić information content (AvgIpc) is 2.91. The molecular weight excluding hydrogens is 463 g/mol. The van der Waals surface area contributed by atoms with Crippen LogP contribution in [0.2, 0.25) is 0 Å². The van der Waals surface area contributed by atoms with Gasteiger partial charge in [0.1, 0.15) is 0 Å². The molecule has 0 N–H and O–H groups in total. The highest BCUT2D eigenvalue weighted by atomic mass is 31.2.